The fourth-order valence-corrected chi connectivity index (χ4v) is 5.04. The molecule has 1 aliphatic heterocycles. The normalized spacial score (nSPS) is 26.4. The maximum atomic E-state index is 9.83. The molecule has 2 aliphatic carbocycles. The van der Waals surface area contributed by atoms with E-state index in [1.807, 2.05) is 0 Å². The monoisotopic (exact) mass is 313 g/mol. The van der Waals surface area contributed by atoms with Gasteiger partial charge >= 0.3 is 6.98 Å². The van der Waals surface area contributed by atoms with Crippen LogP contribution >= 0.6 is 0 Å². The van der Waals surface area contributed by atoms with Crippen LogP contribution in [0.4, 0.5) is 0 Å². The fourth-order valence-electron chi connectivity index (χ4n) is 5.04. The molecule has 3 rings (SSSR count). The maximum Gasteiger partial charge on any atom is 0.496 e. The van der Waals surface area contributed by atoms with E-state index < -0.39 is 0 Å². The molecule has 4 heteroatoms. The standard InChI is InChI=1S/C19H32BN3/c1-16(18-9-5-3-6-10-18)22-13-14-23(20(22)15-21)17(2)19-11-7-4-8-12-19/h13-14,16-19H,3-12H2,1-2H3/t16-,17-/m0/s1. The molecule has 3 nitrogen and oxygen atoms in total. The molecule has 0 aromatic rings. The summed E-state index contributed by atoms with van der Waals surface area (Å²) in [6.45, 7) is 4.57. The average molecular weight is 313 g/mol. The van der Waals surface area contributed by atoms with Gasteiger partial charge < -0.3 is 9.62 Å². The Balaban J connectivity index is 1.65. The van der Waals surface area contributed by atoms with Gasteiger partial charge in [-0.1, -0.05) is 38.5 Å². The first-order chi connectivity index (χ1) is 11.2. The van der Waals surface area contributed by atoms with Crippen molar-refractivity contribution >= 4 is 6.98 Å². The summed E-state index contributed by atoms with van der Waals surface area (Å²) in [5, 5.41) is 9.83. The van der Waals surface area contributed by atoms with Gasteiger partial charge in [0, 0.05) is 24.5 Å². The molecule has 1 heterocycles. The van der Waals surface area contributed by atoms with E-state index in [1.54, 1.807) is 0 Å². The molecular weight excluding hydrogens is 281 g/mol. The molecule has 0 N–H and O–H groups in total. The van der Waals surface area contributed by atoms with Gasteiger partial charge in [-0.05, 0) is 51.4 Å². The van der Waals surface area contributed by atoms with Crippen LogP contribution in [-0.2, 0) is 0 Å². The quantitative estimate of drug-likeness (QED) is 0.713. The Morgan fingerprint density at radius 2 is 1.22 bits per heavy atom. The maximum absolute atomic E-state index is 9.83. The van der Waals surface area contributed by atoms with E-state index in [1.165, 1.54) is 64.2 Å². The summed E-state index contributed by atoms with van der Waals surface area (Å²) in [5.41, 5.74) is 0. The van der Waals surface area contributed by atoms with Crippen LogP contribution in [0.25, 0.3) is 0 Å². The van der Waals surface area contributed by atoms with Crippen LogP contribution in [0.15, 0.2) is 12.4 Å². The molecule has 0 saturated heterocycles. The van der Waals surface area contributed by atoms with Crippen molar-refractivity contribution in [3.05, 3.63) is 12.4 Å². The molecule has 2 fully saturated rings. The van der Waals surface area contributed by atoms with E-state index in [0.29, 0.717) is 12.1 Å². The zero-order valence-corrected chi connectivity index (χ0v) is 15.0. The molecule has 2 atom stereocenters. The number of nitrogens with zero attached hydrogens (tertiary/aromatic N) is 3. The Bertz CT molecular complexity index is 412. The first kappa shape index (κ1) is 16.7. The van der Waals surface area contributed by atoms with E-state index in [0.717, 1.165) is 11.8 Å². The van der Waals surface area contributed by atoms with E-state index >= 15 is 0 Å². The summed E-state index contributed by atoms with van der Waals surface area (Å²) in [7, 11) is 0. The molecule has 0 aromatic heterocycles. The van der Waals surface area contributed by atoms with E-state index in [9.17, 15) is 5.26 Å². The third kappa shape index (κ3) is 3.54. The summed E-state index contributed by atoms with van der Waals surface area (Å²) >= 11 is 0. The van der Waals surface area contributed by atoms with Crippen LogP contribution in [0.1, 0.15) is 78.1 Å². The lowest BCUT2D eigenvalue weighted by Gasteiger charge is -2.39. The lowest BCUT2D eigenvalue weighted by Crippen LogP contribution is -2.53. The third-order valence-corrected chi connectivity index (χ3v) is 6.70. The molecular formula is C19H32BN3. The van der Waals surface area contributed by atoms with Crippen molar-refractivity contribution in [2.24, 2.45) is 11.8 Å². The average Bonchev–Trinajstić information content (AvgIpc) is 3.05. The van der Waals surface area contributed by atoms with E-state index in [4.69, 9.17) is 0 Å². The largest absolute Gasteiger partial charge is 0.496 e. The molecule has 23 heavy (non-hydrogen) atoms. The summed E-state index contributed by atoms with van der Waals surface area (Å²) in [5.74, 6) is 4.11. The van der Waals surface area contributed by atoms with Gasteiger partial charge in [-0.25, -0.2) is 5.26 Å². The van der Waals surface area contributed by atoms with Crippen molar-refractivity contribution in [1.82, 2.24) is 9.62 Å². The van der Waals surface area contributed by atoms with Gasteiger partial charge in [0.1, 0.15) is 0 Å². The van der Waals surface area contributed by atoms with Gasteiger partial charge in [0.05, 0.1) is 5.97 Å². The Morgan fingerprint density at radius 1 is 0.826 bits per heavy atom. The van der Waals surface area contributed by atoms with Gasteiger partial charge in [-0.15, -0.1) is 0 Å². The Labute approximate surface area is 142 Å². The second-order valence-corrected chi connectivity index (χ2v) is 7.97. The summed E-state index contributed by atoms with van der Waals surface area (Å²) in [6, 6.07) is 0.972. The second kappa shape index (κ2) is 7.64. The Morgan fingerprint density at radius 3 is 1.57 bits per heavy atom. The zero-order chi connectivity index (χ0) is 16.2. The lowest BCUT2D eigenvalue weighted by atomic mass is 9.69. The SMILES string of the molecule is C[C@@H](C1CCCCC1)N1C=CN([C@@H](C)C2CCCCC2)B1C#N. The van der Waals surface area contributed by atoms with Crippen LogP contribution in [0.2, 0.25) is 0 Å². The predicted molar refractivity (Wildman–Crippen MR) is 96.3 cm³/mol. The highest BCUT2D eigenvalue weighted by Crippen LogP contribution is 2.34. The molecule has 0 spiro atoms. The molecule has 0 radical (unpaired) electrons. The van der Waals surface area contributed by atoms with Gasteiger partial charge in [0.15, 0.2) is 0 Å². The van der Waals surface area contributed by atoms with Crippen LogP contribution < -0.4 is 0 Å². The van der Waals surface area contributed by atoms with Crippen molar-refractivity contribution in [2.75, 3.05) is 0 Å². The number of hydrogen-bond donors (Lipinski definition) is 0. The van der Waals surface area contributed by atoms with Crippen LogP contribution in [0.5, 0.6) is 0 Å². The Kier molecular flexibility index (Phi) is 5.56. The highest BCUT2D eigenvalue weighted by Gasteiger charge is 2.41. The van der Waals surface area contributed by atoms with Crippen molar-refractivity contribution in [1.29, 1.82) is 5.26 Å². The molecule has 3 aliphatic rings. The lowest BCUT2D eigenvalue weighted by molar-refractivity contribution is 0.221. The molecule has 126 valence electrons. The third-order valence-electron chi connectivity index (χ3n) is 6.70. The fraction of sp³-hybridized carbons (Fsp3) is 0.842. The highest BCUT2D eigenvalue weighted by molar-refractivity contribution is 6.62. The van der Waals surface area contributed by atoms with Crippen molar-refractivity contribution in [3.63, 3.8) is 0 Å². The molecule has 0 aromatic carbocycles. The van der Waals surface area contributed by atoms with Crippen molar-refractivity contribution < 1.29 is 0 Å². The van der Waals surface area contributed by atoms with Crippen molar-refractivity contribution in [3.8, 4) is 5.97 Å². The molecule has 0 unspecified atom stereocenters. The first-order valence-corrected chi connectivity index (χ1v) is 9.85. The van der Waals surface area contributed by atoms with Crippen LogP contribution in [0, 0.1) is 23.1 Å². The van der Waals surface area contributed by atoms with Crippen molar-refractivity contribution in [2.45, 2.75) is 90.1 Å². The topological polar surface area (TPSA) is 30.3 Å². The van der Waals surface area contributed by atoms with Crippen LogP contribution in [-0.4, -0.2) is 28.7 Å². The number of nitriles is 1. The minimum Gasteiger partial charge on any atom is -0.385 e. The number of rotatable bonds is 4. The van der Waals surface area contributed by atoms with Gasteiger partial charge in [-0.2, -0.15) is 0 Å². The summed E-state index contributed by atoms with van der Waals surface area (Å²) in [6.07, 6.45) is 18.0. The van der Waals surface area contributed by atoms with Gasteiger partial charge in [0.2, 0.25) is 0 Å². The molecule has 2 saturated carbocycles. The second-order valence-electron chi connectivity index (χ2n) is 7.97. The van der Waals surface area contributed by atoms with Crippen LogP contribution in [0.3, 0.4) is 0 Å². The summed E-state index contributed by atoms with van der Waals surface area (Å²) < 4.78 is 0. The number of hydrogen-bond acceptors (Lipinski definition) is 3. The first-order valence-electron chi connectivity index (χ1n) is 9.85. The van der Waals surface area contributed by atoms with E-state index in [2.05, 4.69) is 41.8 Å². The van der Waals surface area contributed by atoms with E-state index in [-0.39, 0.29) is 6.98 Å². The zero-order valence-electron chi connectivity index (χ0n) is 15.0. The summed E-state index contributed by atoms with van der Waals surface area (Å²) in [4.78, 5) is 4.69. The molecule has 0 amide bonds. The Hall–Kier alpha value is -1.11. The van der Waals surface area contributed by atoms with Gasteiger partial charge in [0.25, 0.3) is 0 Å². The molecule has 0 bridgehead atoms. The predicted octanol–water partition coefficient (Wildman–Crippen LogP) is 4.56. The highest BCUT2D eigenvalue weighted by atomic mass is 15.3. The van der Waals surface area contributed by atoms with Gasteiger partial charge in [-0.3, -0.25) is 0 Å². The smallest absolute Gasteiger partial charge is 0.385 e. The minimum atomic E-state index is -0.0937. The minimum absolute atomic E-state index is 0.0937.